The molecule has 0 fully saturated rings. The number of esters is 2. The van der Waals surface area contributed by atoms with Crippen molar-refractivity contribution in [2.45, 2.75) is 98.3 Å². The molecule has 0 aromatic carbocycles. The van der Waals surface area contributed by atoms with Gasteiger partial charge in [0.1, 0.15) is 6.29 Å². The first-order valence-electron chi connectivity index (χ1n) is 12.3. The molecule has 0 amide bonds. The summed E-state index contributed by atoms with van der Waals surface area (Å²) in [7, 11) is 0. The number of hydrogen-bond acceptors (Lipinski definition) is 5. The van der Waals surface area contributed by atoms with E-state index in [1.165, 1.54) is 0 Å². The molecule has 0 aliphatic carbocycles. The van der Waals surface area contributed by atoms with E-state index in [2.05, 4.69) is 34.3 Å². The van der Waals surface area contributed by atoms with Crippen molar-refractivity contribution in [1.29, 1.82) is 0 Å². The van der Waals surface area contributed by atoms with Gasteiger partial charge in [-0.05, 0) is 43.9 Å². The maximum absolute atomic E-state index is 12.8. The van der Waals surface area contributed by atoms with Crippen LogP contribution in [0.1, 0.15) is 98.3 Å². The average Bonchev–Trinajstić information content (AvgIpc) is 2.76. The van der Waals surface area contributed by atoms with Crippen LogP contribution in [0.3, 0.4) is 0 Å². The highest BCUT2D eigenvalue weighted by Gasteiger charge is 2.29. The molecule has 4 atom stereocenters. The minimum absolute atomic E-state index is 0.0691. The third-order valence-corrected chi connectivity index (χ3v) is 6.09. The van der Waals surface area contributed by atoms with Crippen molar-refractivity contribution < 1.29 is 23.9 Å². The molecule has 4 unspecified atom stereocenters. The molecule has 0 aromatic heterocycles. The van der Waals surface area contributed by atoms with E-state index >= 15 is 0 Å². The fourth-order valence-electron chi connectivity index (χ4n) is 4.01. The molecule has 31 heavy (non-hydrogen) atoms. The largest absolute Gasteiger partial charge is 0.465 e. The smallest absolute Gasteiger partial charge is 0.330 e. The summed E-state index contributed by atoms with van der Waals surface area (Å²) < 4.78 is 10.5. The Morgan fingerprint density at radius 3 is 1.97 bits per heavy atom. The summed E-state index contributed by atoms with van der Waals surface area (Å²) in [5.41, 5.74) is 0. The normalized spacial score (nSPS) is 14.8. The molecule has 0 aliphatic heterocycles. The van der Waals surface area contributed by atoms with Crippen LogP contribution in [-0.2, 0) is 23.9 Å². The topological polar surface area (TPSA) is 69.7 Å². The Balaban J connectivity index is 4.64. The van der Waals surface area contributed by atoms with Gasteiger partial charge in [-0.1, -0.05) is 72.8 Å². The van der Waals surface area contributed by atoms with E-state index in [1.54, 1.807) is 0 Å². The number of unbranched alkanes of at least 4 members (excludes halogenated alkanes) is 5. The molecule has 0 saturated heterocycles. The van der Waals surface area contributed by atoms with Crippen LogP contribution in [0.2, 0.25) is 0 Å². The molecular weight excluding hydrogens is 392 g/mol. The molecular formula is C26H46O5. The number of aldehydes is 1. The fourth-order valence-corrected chi connectivity index (χ4v) is 4.01. The standard InChI is InChI=1S/C26H46O5/c1-6-9-11-15-23(20-27)21(4)19-22(5)24(16-12-10-7-2)26(29)31-18-14-13-17-30-25(28)8-3/h8,20-24H,3,6-7,9-19H2,1-2,4-5H3. The van der Waals surface area contributed by atoms with Gasteiger partial charge in [-0.3, -0.25) is 4.79 Å². The van der Waals surface area contributed by atoms with Gasteiger partial charge in [0.15, 0.2) is 0 Å². The maximum atomic E-state index is 12.8. The number of carbonyl (C=O) groups excluding carboxylic acids is 3. The number of rotatable bonds is 20. The van der Waals surface area contributed by atoms with E-state index in [0.717, 1.165) is 70.1 Å². The van der Waals surface area contributed by atoms with Crippen molar-refractivity contribution in [3.05, 3.63) is 12.7 Å². The summed E-state index contributed by atoms with van der Waals surface area (Å²) in [4.78, 5) is 35.4. The third-order valence-electron chi connectivity index (χ3n) is 6.09. The zero-order chi connectivity index (χ0) is 23.5. The number of ether oxygens (including phenoxy) is 2. The Labute approximate surface area is 190 Å². The first-order chi connectivity index (χ1) is 14.9. The van der Waals surface area contributed by atoms with Crippen LogP contribution < -0.4 is 0 Å². The third kappa shape index (κ3) is 14.1. The van der Waals surface area contributed by atoms with Gasteiger partial charge in [-0.15, -0.1) is 0 Å². The first kappa shape index (κ1) is 29.4. The predicted octanol–water partition coefficient (Wildman–Crippen LogP) is 6.29. The lowest BCUT2D eigenvalue weighted by molar-refractivity contribution is -0.151. The van der Waals surface area contributed by atoms with Crippen molar-refractivity contribution in [3.8, 4) is 0 Å². The molecule has 0 N–H and O–H groups in total. The van der Waals surface area contributed by atoms with Gasteiger partial charge in [-0.2, -0.15) is 0 Å². The summed E-state index contributed by atoms with van der Waals surface area (Å²) in [5.74, 6) is -0.172. The van der Waals surface area contributed by atoms with E-state index in [9.17, 15) is 14.4 Å². The molecule has 5 heteroatoms. The SMILES string of the molecule is C=CC(=O)OCCCCOC(=O)C(CCCCC)C(C)CC(C)C(C=O)CCCCC. The molecule has 5 nitrogen and oxygen atoms in total. The summed E-state index contributed by atoms with van der Waals surface area (Å²) >= 11 is 0. The van der Waals surface area contributed by atoms with Crippen molar-refractivity contribution in [1.82, 2.24) is 0 Å². The van der Waals surface area contributed by atoms with Gasteiger partial charge in [-0.25, -0.2) is 4.79 Å². The Kier molecular flexibility index (Phi) is 18.1. The summed E-state index contributed by atoms with van der Waals surface area (Å²) in [6.07, 6.45) is 12.8. The molecule has 0 heterocycles. The van der Waals surface area contributed by atoms with Crippen LogP contribution in [0.5, 0.6) is 0 Å². The summed E-state index contributed by atoms with van der Waals surface area (Å²) in [6.45, 7) is 12.6. The minimum Gasteiger partial charge on any atom is -0.465 e. The molecule has 0 aliphatic rings. The summed E-state index contributed by atoms with van der Waals surface area (Å²) in [6, 6.07) is 0. The van der Waals surface area contributed by atoms with Crippen molar-refractivity contribution in [2.24, 2.45) is 23.7 Å². The molecule has 0 rings (SSSR count). The molecule has 0 spiro atoms. The second-order valence-electron chi connectivity index (χ2n) is 8.83. The molecule has 0 aromatic rings. The van der Waals surface area contributed by atoms with Gasteiger partial charge >= 0.3 is 11.9 Å². The van der Waals surface area contributed by atoms with Crippen molar-refractivity contribution in [3.63, 3.8) is 0 Å². The minimum atomic E-state index is -0.431. The van der Waals surface area contributed by atoms with E-state index < -0.39 is 5.97 Å². The van der Waals surface area contributed by atoms with Gasteiger partial charge < -0.3 is 14.3 Å². The first-order valence-corrected chi connectivity index (χ1v) is 12.3. The van der Waals surface area contributed by atoms with Crippen LogP contribution in [0.4, 0.5) is 0 Å². The summed E-state index contributed by atoms with van der Waals surface area (Å²) in [5, 5.41) is 0. The molecule has 180 valence electrons. The van der Waals surface area contributed by atoms with Gasteiger partial charge in [0.05, 0.1) is 19.1 Å². The number of carbonyl (C=O) groups is 3. The Morgan fingerprint density at radius 1 is 0.839 bits per heavy atom. The van der Waals surface area contributed by atoms with Crippen LogP contribution in [0.25, 0.3) is 0 Å². The quantitative estimate of drug-likeness (QED) is 0.0966. The highest BCUT2D eigenvalue weighted by Crippen LogP contribution is 2.30. The zero-order valence-corrected chi connectivity index (χ0v) is 20.4. The van der Waals surface area contributed by atoms with E-state index in [4.69, 9.17) is 9.47 Å². The number of hydrogen-bond donors (Lipinski definition) is 0. The molecule has 0 radical (unpaired) electrons. The second kappa shape index (κ2) is 19.1. The van der Waals surface area contributed by atoms with Gasteiger partial charge in [0.25, 0.3) is 0 Å². The lowest BCUT2D eigenvalue weighted by Crippen LogP contribution is -2.28. The van der Waals surface area contributed by atoms with Crippen LogP contribution >= 0.6 is 0 Å². The van der Waals surface area contributed by atoms with Crippen molar-refractivity contribution >= 4 is 18.2 Å². The van der Waals surface area contributed by atoms with Crippen molar-refractivity contribution in [2.75, 3.05) is 13.2 Å². The Hall–Kier alpha value is -1.65. The highest BCUT2D eigenvalue weighted by molar-refractivity contribution is 5.81. The maximum Gasteiger partial charge on any atom is 0.330 e. The lowest BCUT2D eigenvalue weighted by atomic mass is 9.78. The molecule has 0 bridgehead atoms. The van der Waals surface area contributed by atoms with E-state index in [-0.39, 0.29) is 29.6 Å². The van der Waals surface area contributed by atoms with Crippen LogP contribution in [0, 0.1) is 23.7 Å². The van der Waals surface area contributed by atoms with E-state index in [1.807, 2.05) is 0 Å². The fraction of sp³-hybridized carbons (Fsp3) is 0.808. The zero-order valence-electron chi connectivity index (χ0n) is 20.4. The monoisotopic (exact) mass is 438 g/mol. The Morgan fingerprint density at radius 2 is 1.42 bits per heavy atom. The van der Waals surface area contributed by atoms with Gasteiger partial charge in [0, 0.05) is 12.0 Å². The predicted molar refractivity (Wildman–Crippen MR) is 126 cm³/mol. The lowest BCUT2D eigenvalue weighted by Gasteiger charge is -2.27. The molecule has 0 saturated carbocycles. The van der Waals surface area contributed by atoms with Gasteiger partial charge in [0.2, 0.25) is 0 Å². The average molecular weight is 439 g/mol. The highest BCUT2D eigenvalue weighted by atomic mass is 16.5. The van der Waals surface area contributed by atoms with Crippen LogP contribution in [0.15, 0.2) is 12.7 Å². The van der Waals surface area contributed by atoms with Crippen LogP contribution in [-0.4, -0.2) is 31.4 Å². The second-order valence-corrected chi connectivity index (χ2v) is 8.83. The Bertz CT molecular complexity index is 502. The van der Waals surface area contributed by atoms with E-state index in [0.29, 0.717) is 26.1 Å².